The quantitative estimate of drug-likeness (QED) is 0.441. The summed E-state index contributed by atoms with van der Waals surface area (Å²) in [6.07, 6.45) is 0. The maximum absolute atomic E-state index is 12.9. The fourth-order valence-corrected chi connectivity index (χ4v) is 3.12. The summed E-state index contributed by atoms with van der Waals surface area (Å²) in [4.78, 5) is 29.0. The fourth-order valence-electron chi connectivity index (χ4n) is 3.12. The Kier molecular flexibility index (Phi) is 5.30. The molecule has 0 spiro atoms. The summed E-state index contributed by atoms with van der Waals surface area (Å²) in [5.74, 6) is 0.475. The second kappa shape index (κ2) is 8.21. The number of furan rings is 1. The molecule has 0 unspecified atom stereocenters. The first-order valence-electron chi connectivity index (χ1n) is 9.36. The number of esters is 2. The van der Waals surface area contributed by atoms with Crippen molar-refractivity contribution in [1.29, 1.82) is 0 Å². The molecule has 30 heavy (non-hydrogen) atoms. The average Bonchev–Trinajstić information content (AvgIpc) is 3.22. The standard InChI is InChI=1S/C24H19NO5/c1-15-7-12-22(30-15)21-13-19(18-5-3-4-6-20(18)25-21)24(27)29-14-16-8-10-17(11-9-16)23(26)28-2/h3-13H,14H2,1-2H3. The molecule has 0 saturated carbocycles. The van der Waals surface area contributed by atoms with Crippen LogP contribution in [0.2, 0.25) is 0 Å². The zero-order valence-corrected chi connectivity index (χ0v) is 16.5. The van der Waals surface area contributed by atoms with Crippen molar-refractivity contribution in [1.82, 2.24) is 4.98 Å². The molecule has 6 nitrogen and oxygen atoms in total. The highest BCUT2D eigenvalue weighted by atomic mass is 16.5. The Morgan fingerprint density at radius 2 is 1.73 bits per heavy atom. The van der Waals surface area contributed by atoms with E-state index in [9.17, 15) is 9.59 Å². The number of carbonyl (C=O) groups is 2. The normalized spacial score (nSPS) is 10.7. The van der Waals surface area contributed by atoms with Crippen LogP contribution in [-0.4, -0.2) is 24.0 Å². The molecule has 2 heterocycles. The molecule has 0 saturated heterocycles. The summed E-state index contributed by atoms with van der Waals surface area (Å²) in [6, 6.07) is 19.5. The number of hydrogen-bond acceptors (Lipinski definition) is 6. The number of ether oxygens (including phenoxy) is 2. The van der Waals surface area contributed by atoms with Gasteiger partial charge in [0.15, 0.2) is 5.76 Å². The van der Waals surface area contributed by atoms with E-state index >= 15 is 0 Å². The minimum absolute atomic E-state index is 0.0755. The summed E-state index contributed by atoms with van der Waals surface area (Å²) in [7, 11) is 1.33. The topological polar surface area (TPSA) is 78.6 Å². The number of aryl methyl sites for hydroxylation is 1. The van der Waals surface area contributed by atoms with Gasteiger partial charge in [0.05, 0.1) is 23.8 Å². The monoisotopic (exact) mass is 401 g/mol. The minimum Gasteiger partial charge on any atom is -0.465 e. The Bertz CT molecular complexity index is 1220. The number of carbonyl (C=O) groups excluding carboxylic acids is 2. The van der Waals surface area contributed by atoms with Gasteiger partial charge in [0.1, 0.15) is 18.1 Å². The van der Waals surface area contributed by atoms with Crippen molar-refractivity contribution < 1.29 is 23.5 Å². The van der Waals surface area contributed by atoms with Gasteiger partial charge in [0.2, 0.25) is 0 Å². The summed E-state index contributed by atoms with van der Waals surface area (Å²) in [5.41, 5.74) is 2.85. The van der Waals surface area contributed by atoms with Gasteiger partial charge in [-0.05, 0) is 48.9 Å². The van der Waals surface area contributed by atoms with Crippen LogP contribution in [-0.2, 0) is 16.1 Å². The van der Waals surface area contributed by atoms with Crippen molar-refractivity contribution in [3.8, 4) is 11.5 Å². The molecule has 0 fully saturated rings. The van der Waals surface area contributed by atoms with Crippen LogP contribution in [0.4, 0.5) is 0 Å². The highest BCUT2D eigenvalue weighted by Crippen LogP contribution is 2.27. The lowest BCUT2D eigenvalue weighted by Crippen LogP contribution is -2.07. The van der Waals surface area contributed by atoms with E-state index in [1.807, 2.05) is 43.3 Å². The Labute approximate surface area is 173 Å². The lowest BCUT2D eigenvalue weighted by Gasteiger charge is -2.09. The molecule has 2 aromatic heterocycles. The Balaban J connectivity index is 1.60. The predicted octanol–water partition coefficient (Wildman–Crippen LogP) is 4.95. The van der Waals surface area contributed by atoms with E-state index in [1.165, 1.54) is 7.11 Å². The molecule has 4 aromatic rings. The molecular formula is C24H19NO5. The number of para-hydroxylation sites is 1. The molecular weight excluding hydrogens is 382 g/mol. The van der Waals surface area contributed by atoms with E-state index < -0.39 is 11.9 Å². The molecule has 0 radical (unpaired) electrons. The first-order chi connectivity index (χ1) is 14.5. The molecule has 0 aliphatic carbocycles. The third-order valence-corrected chi connectivity index (χ3v) is 4.67. The van der Waals surface area contributed by atoms with Gasteiger partial charge in [-0.3, -0.25) is 0 Å². The van der Waals surface area contributed by atoms with E-state index in [2.05, 4.69) is 9.72 Å². The third kappa shape index (κ3) is 3.93. The largest absolute Gasteiger partial charge is 0.465 e. The first-order valence-corrected chi connectivity index (χ1v) is 9.36. The second-order valence-electron chi connectivity index (χ2n) is 6.75. The van der Waals surface area contributed by atoms with Gasteiger partial charge >= 0.3 is 11.9 Å². The summed E-state index contributed by atoms with van der Waals surface area (Å²) in [5, 5.41) is 0.704. The van der Waals surface area contributed by atoms with Gasteiger partial charge < -0.3 is 13.9 Å². The molecule has 4 rings (SSSR count). The van der Waals surface area contributed by atoms with Crippen molar-refractivity contribution in [3.63, 3.8) is 0 Å². The van der Waals surface area contributed by atoms with Gasteiger partial charge in [0, 0.05) is 5.39 Å². The van der Waals surface area contributed by atoms with Crippen LogP contribution in [0.3, 0.4) is 0 Å². The highest BCUT2D eigenvalue weighted by Gasteiger charge is 2.17. The molecule has 150 valence electrons. The number of methoxy groups -OCH3 is 1. The number of rotatable bonds is 5. The lowest BCUT2D eigenvalue weighted by atomic mass is 10.1. The zero-order chi connectivity index (χ0) is 21.1. The van der Waals surface area contributed by atoms with Crippen molar-refractivity contribution >= 4 is 22.8 Å². The molecule has 0 amide bonds. The van der Waals surface area contributed by atoms with Gasteiger partial charge in [-0.2, -0.15) is 0 Å². The Morgan fingerprint density at radius 3 is 2.43 bits per heavy atom. The number of nitrogens with zero attached hydrogens (tertiary/aromatic N) is 1. The Morgan fingerprint density at radius 1 is 0.967 bits per heavy atom. The van der Waals surface area contributed by atoms with Crippen molar-refractivity contribution in [3.05, 3.63) is 89.2 Å². The molecule has 0 bridgehead atoms. The van der Waals surface area contributed by atoms with E-state index in [0.717, 1.165) is 11.3 Å². The van der Waals surface area contributed by atoms with Crippen LogP contribution in [0.1, 0.15) is 32.0 Å². The van der Waals surface area contributed by atoms with Gasteiger partial charge in [0.25, 0.3) is 0 Å². The van der Waals surface area contributed by atoms with Crippen LogP contribution >= 0.6 is 0 Å². The molecule has 0 atom stereocenters. The number of fused-ring (bicyclic) bond motifs is 1. The van der Waals surface area contributed by atoms with E-state index in [0.29, 0.717) is 33.5 Å². The van der Waals surface area contributed by atoms with E-state index in [-0.39, 0.29) is 6.61 Å². The fraction of sp³-hybridized carbons (Fsp3) is 0.125. The number of aromatic nitrogens is 1. The molecule has 6 heteroatoms. The van der Waals surface area contributed by atoms with Crippen molar-refractivity contribution in [2.24, 2.45) is 0 Å². The number of benzene rings is 2. The summed E-state index contributed by atoms with van der Waals surface area (Å²) in [6.45, 7) is 1.93. The van der Waals surface area contributed by atoms with Crippen LogP contribution < -0.4 is 0 Å². The summed E-state index contributed by atoms with van der Waals surface area (Å²) < 4.78 is 15.9. The maximum Gasteiger partial charge on any atom is 0.339 e. The van der Waals surface area contributed by atoms with Gasteiger partial charge in [-0.15, -0.1) is 0 Å². The van der Waals surface area contributed by atoms with Crippen LogP contribution in [0.15, 0.2) is 71.1 Å². The molecule has 2 aromatic carbocycles. The smallest absolute Gasteiger partial charge is 0.339 e. The van der Waals surface area contributed by atoms with Gasteiger partial charge in [-0.25, -0.2) is 14.6 Å². The molecule has 0 N–H and O–H groups in total. The van der Waals surface area contributed by atoms with E-state index in [1.54, 1.807) is 30.3 Å². The minimum atomic E-state index is -0.463. The van der Waals surface area contributed by atoms with Crippen LogP contribution in [0.25, 0.3) is 22.4 Å². The number of pyridine rings is 1. The highest BCUT2D eigenvalue weighted by molar-refractivity contribution is 6.04. The molecule has 0 aliphatic heterocycles. The first kappa shape index (κ1) is 19.4. The Hall–Kier alpha value is -3.93. The number of hydrogen-bond donors (Lipinski definition) is 0. The predicted molar refractivity (Wildman–Crippen MR) is 111 cm³/mol. The van der Waals surface area contributed by atoms with Crippen molar-refractivity contribution in [2.75, 3.05) is 7.11 Å². The summed E-state index contributed by atoms with van der Waals surface area (Å²) >= 11 is 0. The zero-order valence-electron chi connectivity index (χ0n) is 16.5. The van der Waals surface area contributed by atoms with Crippen molar-refractivity contribution in [2.45, 2.75) is 13.5 Å². The average molecular weight is 401 g/mol. The van der Waals surface area contributed by atoms with Gasteiger partial charge in [-0.1, -0.05) is 30.3 Å². The van der Waals surface area contributed by atoms with Crippen LogP contribution in [0.5, 0.6) is 0 Å². The lowest BCUT2D eigenvalue weighted by molar-refractivity contribution is 0.0473. The maximum atomic E-state index is 12.9. The second-order valence-corrected chi connectivity index (χ2v) is 6.75. The van der Waals surface area contributed by atoms with Crippen LogP contribution in [0, 0.1) is 6.92 Å². The van der Waals surface area contributed by atoms with E-state index in [4.69, 9.17) is 9.15 Å². The molecule has 0 aliphatic rings. The SMILES string of the molecule is COC(=O)c1ccc(COC(=O)c2cc(-c3ccc(C)o3)nc3ccccc23)cc1. The third-order valence-electron chi connectivity index (χ3n) is 4.67.